The first kappa shape index (κ1) is 21.7. The SMILES string of the molecule is O=c1nc(N(CC(F)(F)F)c2cccc(C#CC3(C(F)(F)F)CC3)c2)c2ccccc2[nH]1. The number of hydrogen-bond acceptors (Lipinski definition) is 3. The number of nitrogens with one attached hydrogen (secondary N) is 1. The number of aromatic amines is 1. The van der Waals surface area contributed by atoms with Crippen LogP contribution in [0.4, 0.5) is 37.8 Å². The minimum Gasteiger partial charge on any atom is -0.316 e. The summed E-state index contributed by atoms with van der Waals surface area (Å²) >= 11 is 0. The van der Waals surface area contributed by atoms with E-state index in [4.69, 9.17) is 0 Å². The van der Waals surface area contributed by atoms with Crippen LogP contribution in [-0.2, 0) is 0 Å². The Labute approximate surface area is 177 Å². The molecule has 0 radical (unpaired) electrons. The first-order chi connectivity index (χ1) is 15.0. The fourth-order valence-corrected chi connectivity index (χ4v) is 3.31. The molecule has 32 heavy (non-hydrogen) atoms. The second kappa shape index (κ2) is 7.58. The second-order valence-electron chi connectivity index (χ2n) is 7.49. The molecule has 1 aromatic heterocycles. The Bertz CT molecular complexity index is 1280. The van der Waals surface area contributed by atoms with Crippen molar-refractivity contribution < 1.29 is 26.3 Å². The van der Waals surface area contributed by atoms with Crippen LogP contribution >= 0.6 is 0 Å². The van der Waals surface area contributed by atoms with Gasteiger partial charge < -0.3 is 9.88 Å². The monoisotopic (exact) mass is 451 g/mol. The lowest BCUT2D eigenvalue weighted by Crippen LogP contribution is -2.32. The summed E-state index contributed by atoms with van der Waals surface area (Å²) in [7, 11) is 0. The smallest absolute Gasteiger partial charge is 0.316 e. The lowest BCUT2D eigenvalue weighted by molar-refractivity contribution is -0.168. The largest absolute Gasteiger partial charge is 0.406 e. The van der Waals surface area contributed by atoms with E-state index in [9.17, 15) is 31.1 Å². The van der Waals surface area contributed by atoms with Crippen LogP contribution in [0, 0.1) is 17.3 Å². The number of fused-ring (bicyclic) bond motifs is 1. The van der Waals surface area contributed by atoms with Crippen molar-refractivity contribution in [2.75, 3.05) is 11.4 Å². The molecule has 1 N–H and O–H groups in total. The molecule has 0 spiro atoms. The van der Waals surface area contributed by atoms with Crippen molar-refractivity contribution in [3.8, 4) is 11.8 Å². The number of alkyl halides is 6. The van der Waals surface area contributed by atoms with Gasteiger partial charge in [-0.05, 0) is 43.2 Å². The number of H-pyrrole nitrogens is 1. The summed E-state index contributed by atoms with van der Waals surface area (Å²) in [6, 6.07) is 11.7. The maximum atomic E-state index is 13.4. The number of anilines is 2. The number of para-hydroxylation sites is 1. The lowest BCUT2D eigenvalue weighted by atomic mass is 10.1. The minimum absolute atomic E-state index is 0.00534. The van der Waals surface area contributed by atoms with Crippen molar-refractivity contribution in [1.82, 2.24) is 9.97 Å². The van der Waals surface area contributed by atoms with E-state index in [2.05, 4.69) is 21.8 Å². The first-order valence-corrected chi connectivity index (χ1v) is 9.51. The number of halogens is 6. The number of benzene rings is 2. The topological polar surface area (TPSA) is 49.0 Å². The van der Waals surface area contributed by atoms with Gasteiger partial charge >= 0.3 is 18.0 Å². The van der Waals surface area contributed by atoms with Crippen LogP contribution in [-0.4, -0.2) is 28.9 Å². The van der Waals surface area contributed by atoms with E-state index in [1.165, 1.54) is 36.4 Å². The van der Waals surface area contributed by atoms with Crippen LogP contribution < -0.4 is 10.6 Å². The van der Waals surface area contributed by atoms with Gasteiger partial charge in [0, 0.05) is 16.6 Å². The standard InChI is InChI=1S/C22H15F6N3O/c23-21(24,25)13-31(18-16-6-1-2-7-17(16)29-19(32)30-18)15-5-3-4-14(12-15)8-9-20(10-11-20)22(26,27)28/h1-7,12H,10-11,13H2,(H,29,30,32). The van der Waals surface area contributed by atoms with Crippen molar-refractivity contribution in [2.45, 2.75) is 25.2 Å². The van der Waals surface area contributed by atoms with E-state index in [0.717, 1.165) is 4.90 Å². The zero-order valence-electron chi connectivity index (χ0n) is 16.3. The molecule has 0 saturated heterocycles. The molecule has 0 unspecified atom stereocenters. The predicted octanol–water partition coefficient (Wildman–Crippen LogP) is 5.32. The number of hydrogen-bond donors (Lipinski definition) is 1. The number of rotatable bonds is 3. The molecule has 1 aliphatic rings. The van der Waals surface area contributed by atoms with Gasteiger partial charge in [0.15, 0.2) is 0 Å². The van der Waals surface area contributed by atoms with Crippen LogP contribution in [0.25, 0.3) is 10.9 Å². The highest BCUT2D eigenvalue weighted by molar-refractivity contribution is 5.91. The minimum atomic E-state index is -4.65. The Morgan fingerprint density at radius 2 is 1.75 bits per heavy atom. The Hall–Kier alpha value is -3.48. The van der Waals surface area contributed by atoms with Crippen molar-refractivity contribution >= 4 is 22.4 Å². The molecular formula is C22H15F6N3O. The fourth-order valence-electron chi connectivity index (χ4n) is 3.31. The molecule has 4 rings (SSSR count). The van der Waals surface area contributed by atoms with Gasteiger partial charge in [0.05, 0.1) is 5.52 Å². The third-order valence-electron chi connectivity index (χ3n) is 5.11. The summed E-state index contributed by atoms with van der Waals surface area (Å²) < 4.78 is 79.6. The molecule has 1 aliphatic carbocycles. The van der Waals surface area contributed by atoms with Crippen LogP contribution in [0.1, 0.15) is 18.4 Å². The van der Waals surface area contributed by atoms with E-state index < -0.39 is 30.0 Å². The molecule has 3 aromatic rings. The maximum absolute atomic E-state index is 13.4. The summed E-state index contributed by atoms with van der Waals surface area (Å²) in [6.45, 7) is -1.46. The third-order valence-corrected chi connectivity index (χ3v) is 5.11. The molecule has 1 saturated carbocycles. The van der Waals surface area contributed by atoms with Crippen molar-refractivity contribution in [3.63, 3.8) is 0 Å². The highest BCUT2D eigenvalue weighted by Gasteiger charge is 2.62. The lowest BCUT2D eigenvalue weighted by Gasteiger charge is -2.26. The van der Waals surface area contributed by atoms with E-state index in [-0.39, 0.29) is 35.3 Å². The van der Waals surface area contributed by atoms with Crippen molar-refractivity contribution in [1.29, 1.82) is 0 Å². The third kappa shape index (κ3) is 4.42. The number of aromatic nitrogens is 2. The Balaban J connectivity index is 1.80. The molecule has 0 atom stereocenters. The zero-order valence-corrected chi connectivity index (χ0v) is 16.3. The highest BCUT2D eigenvalue weighted by Crippen LogP contribution is 2.57. The van der Waals surface area contributed by atoms with Gasteiger partial charge in [-0.25, -0.2) is 4.79 Å². The van der Waals surface area contributed by atoms with Gasteiger partial charge in [-0.3, -0.25) is 0 Å². The molecular weight excluding hydrogens is 436 g/mol. The molecule has 4 nitrogen and oxygen atoms in total. The van der Waals surface area contributed by atoms with Gasteiger partial charge in [-0.2, -0.15) is 31.3 Å². The molecule has 1 heterocycles. The van der Waals surface area contributed by atoms with Gasteiger partial charge in [0.25, 0.3) is 0 Å². The Morgan fingerprint density at radius 3 is 2.41 bits per heavy atom. The molecule has 0 aliphatic heterocycles. The predicted molar refractivity (Wildman–Crippen MR) is 106 cm³/mol. The van der Waals surface area contributed by atoms with Crippen LogP contribution in [0.5, 0.6) is 0 Å². The highest BCUT2D eigenvalue weighted by atomic mass is 19.4. The molecule has 2 aromatic carbocycles. The van der Waals surface area contributed by atoms with Gasteiger partial charge in [0.1, 0.15) is 17.8 Å². The van der Waals surface area contributed by atoms with Crippen LogP contribution in [0.2, 0.25) is 0 Å². The summed E-state index contributed by atoms with van der Waals surface area (Å²) in [5, 5.41) is 0.279. The van der Waals surface area contributed by atoms with E-state index in [1.54, 1.807) is 12.1 Å². The average Bonchev–Trinajstić information content (AvgIpc) is 3.51. The fraction of sp³-hybridized carbons (Fsp3) is 0.273. The van der Waals surface area contributed by atoms with Crippen LogP contribution in [0.3, 0.4) is 0 Å². The summed E-state index contributed by atoms with van der Waals surface area (Å²) in [5.41, 5.74) is -2.47. The van der Waals surface area contributed by atoms with Gasteiger partial charge in [-0.15, -0.1) is 0 Å². The number of nitrogens with zero attached hydrogens (tertiary/aromatic N) is 2. The van der Waals surface area contributed by atoms with Crippen molar-refractivity contribution in [2.24, 2.45) is 5.41 Å². The van der Waals surface area contributed by atoms with Gasteiger partial charge in [-0.1, -0.05) is 30.0 Å². The van der Waals surface area contributed by atoms with Crippen molar-refractivity contribution in [3.05, 3.63) is 64.6 Å². The zero-order chi connectivity index (χ0) is 23.1. The molecule has 0 bridgehead atoms. The van der Waals surface area contributed by atoms with E-state index in [1.807, 2.05) is 0 Å². The van der Waals surface area contributed by atoms with E-state index >= 15 is 0 Å². The molecule has 0 amide bonds. The summed E-state index contributed by atoms with van der Waals surface area (Å²) in [4.78, 5) is 19.0. The second-order valence-corrected chi connectivity index (χ2v) is 7.49. The average molecular weight is 451 g/mol. The van der Waals surface area contributed by atoms with Gasteiger partial charge in [0.2, 0.25) is 0 Å². The normalized spacial score (nSPS) is 15.2. The Morgan fingerprint density at radius 1 is 1.03 bits per heavy atom. The van der Waals surface area contributed by atoms with Crippen LogP contribution in [0.15, 0.2) is 53.3 Å². The molecule has 1 fully saturated rings. The summed E-state index contributed by atoms with van der Waals surface area (Å²) in [6.07, 6.45) is -9.33. The quantitative estimate of drug-likeness (QED) is 0.433. The first-order valence-electron chi connectivity index (χ1n) is 9.51. The van der Waals surface area contributed by atoms with E-state index in [0.29, 0.717) is 5.52 Å². The summed E-state index contributed by atoms with van der Waals surface area (Å²) in [5.74, 6) is 4.46. The maximum Gasteiger partial charge on any atom is 0.406 e. The Kier molecular flexibility index (Phi) is 5.15. The molecule has 10 heteroatoms. The molecule has 166 valence electrons.